The molecule has 1 nitrogen and oxygen atoms in total. The Morgan fingerprint density at radius 3 is 2.44 bits per heavy atom. The minimum Gasteiger partial charge on any atom is -0.389 e. The van der Waals surface area contributed by atoms with E-state index in [0.29, 0.717) is 12.3 Å². The zero-order valence-electron chi connectivity index (χ0n) is 10.0. The van der Waals surface area contributed by atoms with Crippen LogP contribution >= 0.6 is 0 Å². The molecule has 1 N–H and O–H groups in total. The number of aliphatic hydroxyl groups excluding tert-OH is 1. The van der Waals surface area contributed by atoms with Crippen LogP contribution in [0.4, 0.5) is 0 Å². The van der Waals surface area contributed by atoms with Gasteiger partial charge in [-0.3, -0.25) is 0 Å². The van der Waals surface area contributed by atoms with Gasteiger partial charge in [0.25, 0.3) is 0 Å². The van der Waals surface area contributed by atoms with Gasteiger partial charge in [-0.25, -0.2) is 0 Å². The molecule has 0 amide bonds. The Morgan fingerprint density at radius 2 is 1.81 bits per heavy atom. The molecular formula is C15H20O. The van der Waals surface area contributed by atoms with Crippen molar-refractivity contribution in [3.8, 4) is 0 Å². The summed E-state index contributed by atoms with van der Waals surface area (Å²) in [7, 11) is 0. The van der Waals surface area contributed by atoms with E-state index < -0.39 is 6.10 Å². The molecule has 0 saturated carbocycles. The van der Waals surface area contributed by atoms with Gasteiger partial charge in [0.05, 0.1) is 6.10 Å². The monoisotopic (exact) mass is 216 g/mol. The molecule has 16 heavy (non-hydrogen) atoms. The molecule has 1 heteroatoms. The molecule has 1 aromatic carbocycles. The molecule has 1 rings (SSSR count). The highest BCUT2D eigenvalue weighted by atomic mass is 16.3. The zero-order valence-corrected chi connectivity index (χ0v) is 10.0. The van der Waals surface area contributed by atoms with E-state index in [1.807, 2.05) is 48.6 Å². The maximum Gasteiger partial charge on any atom is 0.0758 e. The van der Waals surface area contributed by atoms with Gasteiger partial charge in [0.1, 0.15) is 0 Å². The number of allylic oxidation sites excluding steroid dienone is 1. The molecule has 0 heterocycles. The van der Waals surface area contributed by atoms with Crippen molar-refractivity contribution in [2.75, 3.05) is 0 Å². The second-order valence-electron chi connectivity index (χ2n) is 4.25. The summed E-state index contributed by atoms with van der Waals surface area (Å²) in [6.45, 7) is 4.26. The summed E-state index contributed by atoms with van der Waals surface area (Å²) in [5, 5.41) is 9.69. The third kappa shape index (κ3) is 5.52. The number of hydrogen-bond donors (Lipinski definition) is 1. The van der Waals surface area contributed by atoms with Crippen molar-refractivity contribution in [3.05, 3.63) is 54.1 Å². The normalized spacial score (nSPS) is 14.0. The van der Waals surface area contributed by atoms with Gasteiger partial charge in [-0.1, -0.05) is 68.5 Å². The average molecular weight is 216 g/mol. The molecule has 0 spiro atoms. The average Bonchev–Trinajstić information content (AvgIpc) is 2.27. The van der Waals surface area contributed by atoms with Crippen molar-refractivity contribution >= 4 is 6.08 Å². The standard InChI is InChI=1S/C15H20O/c1-13(2)7-6-10-15(16)12-11-14-8-4-3-5-9-14/h3-9,11-13,15-16H,10H2,1-2H3/b7-6-,12-11+. The summed E-state index contributed by atoms with van der Waals surface area (Å²) in [4.78, 5) is 0. The summed E-state index contributed by atoms with van der Waals surface area (Å²) in [6, 6.07) is 10.0. The van der Waals surface area contributed by atoms with Gasteiger partial charge in [-0.15, -0.1) is 0 Å². The lowest BCUT2D eigenvalue weighted by Gasteiger charge is -2.01. The van der Waals surface area contributed by atoms with Gasteiger partial charge < -0.3 is 5.11 Å². The van der Waals surface area contributed by atoms with Crippen LogP contribution in [0.25, 0.3) is 6.08 Å². The highest BCUT2D eigenvalue weighted by Gasteiger charge is 1.95. The van der Waals surface area contributed by atoms with Gasteiger partial charge in [0.2, 0.25) is 0 Å². The summed E-state index contributed by atoms with van der Waals surface area (Å²) in [5.74, 6) is 0.547. The molecule has 0 bridgehead atoms. The minimum absolute atomic E-state index is 0.393. The van der Waals surface area contributed by atoms with Crippen LogP contribution in [0, 0.1) is 5.92 Å². The van der Waals surface area contributed by atoms with E-state index in [0.717, 1.165) is 5.56 Å². The van der Waals surface area contributed by atoms with Crippen LogP contribution in [-0.2, 0) is 0 Å². The van der Waals surface area contributed by atoms with E-state index in [1.165, 1.54) is 0 Å². The first-order valence-electron chi connectivity index (χ1n) is 5.76. The topological polar surface area (TPSA) is 20.2 Å². The third-order valence-corrected chi connectivity index (χ3v) is 2.21. The molecule has 1 aromatic rings. The Morgan fingerprint density at radius 1 is 1.12 bits per heavy atom. The molecule has 1 atom stereocenters. The lowest BCUT2D eigenvalue weighted by molar-refractivity contribution is 0.227. The second-order valence-corrected chi connectivity index (χ2v) is 4.25. The number of rotatable bonds is 5. The van der Waals surface area contributed by atoms with Crippen LogP contribution < -0.4 is 0 Å². The Kier molecular flexibility index (Phi) is 5.58. The molecule has 0 aromatic heterocycles. The fourth-order valence-electron chi connectivity index (χ4n) is 1.36. The quantitative estimate of drug-likeness (QED) is 0.745. The Bertz CT molecular complexity index is 336. The SMILES string of the molecule is CC(C)/C=C\CC(O)/C=C/c1ccccc1. The molecular weight excluding hydrogens is 196 g/mol. The predicted molar refractivity (Wildman–Crippen MR) is 70.1 cm³/mol. The Balaban J connectivity index is 2.40. The van der Waals surface area contributed by atoms with Crippen LogP contribution in [0.3, 0.4) is 0 Å². The van der Waals surface area contributed by atoms with Crippen molar-refractivity contribution in [2.45, 2.75) is 26.4 Å². The number of aliphatic hydroxyl groups is 1. The van der Waals surface area contributed by atoms with Crippen LogP contribution in [0.5, 0.6) is 0 Å². The van der Waals surface area contributed by atoms with E-state index in [2.05, 4.69) is 19.9 Å². The van der Waals surface area contributed by atoms with Crippen LogP contribution in [0.2, 0.25) is 0 Å². The molecule has 0 saturated heterocycles. The minimum atomic E-state index is -0.393. The van der Waals surface area contributed by atoms with Gasteiger partial charge in [-0.05, 0) is 17.9 Å². The van der Waals surface area contributed by atoms with E-state index in [9.17, 15) is 5.11 Å². The van der Waals surface area contributed by atoms with E-state index in [1.54, 1.807) is 0 Å². The summed E-state index contributed by atoms with van der Waals surface area (Å²) in [6.07, 6.45) is 8.22. The Hall–Kier alpha value is -1.34. The molecule has 86 valence electrons. The maximum absolute atomic E-state index is 9.69. The first-order chi connectivity index (χ1) is 7.68. The van der Waals surface area contributed by atoms with Gasteiger partial charge in [-0.2, -0.15) is 0 Å². The summed E-state index contributed by atoms with van der Waals surface area (Å²) < 4.78 is 0. The van der Waals surface area contributed by atoms with Gasteiger partial charge in [0.15, 0.2) is 0 Å². The van der Waals surface area contributed by atoms with Crippen molar-refractivity contribution in [1.82, 2.24) is 0 Å². The molecule has 1 unspecified atom stereocenters. The van der Waals surface area contributed by atoms with Crippen LogP contribution in [-0.4, -0.2) is 11.2 Å². The largest absolute Gasteiger partial charge is 0.389 e. The first kappa shape index (κ1) is 12.7. The highest BCUT2D eigenvalue weighted by Crippen LogP contribution is 2.05. The molecule has 0 fully saturated rings. The third-order valence-electron chi connectivity index (χ3n) is 2.21. The zero-order chi connectivity index (χ0) is 11.8. The molecule has 0 radical (unpaired) electrons. The highest BCUT2D eigenvalue weighted by molar-refractivity contribution is 5.49. The smallest absolute Gasteiger partial charge is 0.0758 e. The van der Waals surface area contributed by atoms with Crippen molar-refractivity contribution in [2.24, 2.45) is 5.92 Å². The maximum atomic E-state index is 9.69. The van der Waals surface area contributed by atoms with Gasteiger partial charge >= 0.3 is 0 Å². The first-order valence-corrected chi connectivity index (χ1v) is 5.76. The summed E-state index contributed by atoms with van der Waals surface area (Å²) >= 11 is 0. The predicted octanol–water partition coefficient (Wildman–Crippen LogP) is 3.66. The lowest BCUT2D eigenvalue weighted by Crippen LogP contribution is -1.99. The summed E-state index contributed by atoms with van der Waals surface area (Å²) in [5.41, 5.74) is 1.12. The van der Waals surface area contributed by atoms with E-state index >= 15 is 0 Å². The Labute approximate surface area is 98.1 Å². The molecule has 0 aliphatic rings. The van der Waals surface area contributed by atoms with Crippen molar-refractivity contribution in [3.63, 3.8) is 0 Å². The van der Waals surface area contributed by atoms with Crippen LogP contribution in [0.1, 0.15) is 25.8 Å². The van der Waals surface area contributed by atoms with Gasteiger partial charge in [0, 0.05) is 0 Å². The van der Waals surface area contributed by atoms with E-state index in [-0.39, 0.29) is 0 Å². The van der Waals surface area contributed by atoms with Crippen LogP contribution in [0.15, 0.2) is 48.6 Å². The number of hydrogen-bond acceptors (Lipinski definition) is 1. The van der Waals surface area contributed by atoms with Crippen molar-refractivity contribution in [1.29, 1.82) is 0 Å². The fraction of sp³-hybridized carbons (Fsp3) is 0.333. The molecule has 0 aliphatic heterocycles. The number of benzene rings is 1. The lowest BCUT2D eigenvalue weighted by atomic mass is 10.1. The molecule has 0 aliphatic carbocycles. The van der Waals surface area contributed by atoms with E-state index in [4.69, 9.17) is 0 Å². The fourth-order valence-corrected chi connectivity index (χ4v) is 1.36. The van der Waals surface area contributed by atoms with Crippen molar-refractivity contribution < 1.29 is 5.11 Å². The second kappa shape index (κ2) is 7.02.